The molecule has 162 valence electrons. The third-order valence-corrected chi connectivity index (χ3v) is 6.42. The van der Waals surface area contributed by atoms with Crippen molar-refractivity contribution in [1.29, 1.82) is 0 Å². The van der Waals surface area contributed by atoms with Crippen LogP contribution in [0.3, 0.4) is 0 Å². The normalized spacial score (nSPS) is 23.4. The van der Waals surface area contributed by atoms with Crippen molar-refractivity contribution in [2.75, 3.05) is 26.7 Å². The van der Waals surface area contributed by atoms with Crippen molar-refractivity contribution in [1.82, 2.24) is 19.9 Å². The van der Waals surface area contributed by atoms with Crippen LogP contribution >= 0.6 is 0 Å². The Kier molecular flexibility index (Phi) is 5.33. The van der Waals surface area contributed by atoms with Crippen LogP contribution in [0.25, 0.3) is 0 Å². The number of carbonyl (C=O) groups excluding carboxylic acids is 1. The molecule has 8 nitrogen and oxygen atoms in total. The highest BCUT2D eigenvalue weighted by Gasteiger charge is 2.49. The second kappa shape index (κ2) is 8.28. The molecule has 1 amide bonds. The van der Waals surface area contributed by atoms with Gasteiger partial charge in [-0.05, 0) is 30.0 Å². The average Bonchev–Trinajstić information content (AvgIpc) is 3.53. The summed E-state index contributed by atoms with van der Waals surface area (Å²) in [6, 6.07) is 10.1. The summed E-state index contributed by atoms with van der Waals surface area (Å²) in [7, 11) is 1.61. The molecule has 2 aliphatic heterocycles. The number of nitrogens with zero attached hydrogens (tertiary/aromatic N) is 4. The summed E-state index contributed by atoms with van der Waals surface area (Å²) in [4.78, 5) is 22.1. The molecule has 0 N–H and O–H groups in total. The number of hydrogen-bond donors (Lipinski definition) is 0. The molecule has 2 aliphatic rings. The first kappa shape index (κ1) is 20.0. The molecular weight excluding hydrogens is 396 g/mol. The molecule has 0 spiro atoms. The van der Waals surface area contributed by atoms with Crippen LogP contribution in [0.15, 0.2) is 51.8 Å². The number of amides is 1. The second-order valence-electron chi connectivity index (χ2n) is 8.43. The Morgan fingerprint density at radius 1 is 1.23 bits per heavy atom. The molecule has 2 fully saturated rings. The Balaban J connectivity index is 1.38. The molecule has 8 heteroatoms. The highest BCUT2D eigenvalue weighted by atomic mass is 16.5. The molecule has 1 aromatic carbocycles. The van der Waals surface area contributed by atoms with Crippen molar-refractivity contribution in [2.24, 2.45) is 11.8 Å². The largest absolute Gasteiger partial charge is 0.472 e. The molecule has 0 aliphatic carbocycles. The van der Waals surface area contributed by atoms with Crippen molar-refractivity contribution < 1.29 is 18.5 Å². The van der Waals surface area contributed by atoms with E-state index in [9.17, 15) is 4.79 Å². The zero-order valence-corrected chi connectivity index (χ0v) is 17.7. The van der Waals surface area contributed by atoms with Gasteiger partial charge in [-0.15, -0.1) is 0 Å². The Morgan fingerprint density at radius 3 is 2.87 bits per heavy atom. The van der Waals surface area contributed by atoms with Gasteiger partial charge in [-0.25, -0.2) is 0 Å². The Morgan fingerprint density at radius 2 is 2.10 bits per heavy atom. The van der Waals surface area contributed by atoms with Crippen LogP contribution in [0.2, 0.25) is 0 Å². The molecule has 0 saturated carbocycles. The van der Waals surface area contributed by atoms with Crippen LogP contribution in [0.4, 0.5) is 0 Å². The molecule has 5 rings (SSSR count). The lowest BCUT2D eigenvalue weighted by Gasteiger charge is -2.30. The summed E-state index contributed by atoms with van der Waals surface area (Å²) >= 11 is 0. The lowest BCUT2D eigenvalue weighted by atomic mass is 9.87. The minimum Gasteiger partial charge on any atom is -0.472 e. The predicted octanol–water partition coefficient (Wildman–Crippen LogP) is 3.06. The number of hydrogen-bond acceptors (Lipinski definition) is 7. The maximum Gasteiger partial charge on any atom is 0.257 e. The van der Waals surface area contributed by atoms with Gasteiger partial charge in [0.2, 0.25) is 5.89 Å². The van der Waals surface area contributed by atoms with Gasteiger partial charge in [-0.2, -0.15) is 4.98 Å². The molecule has 0 bridgehead atoms. The van der Waals surface area contributed by atoms with E-state index in [-0.39, 0.29) is 11.9 Å². The maximum atomic E-state index is 13.3. The molecule has 31 heavy (non-hydrogen) atoms. The fourth-order valence-electron chi connectivity index (χ4n) is 5.08. The zero-order valence-electron chi connectivity index (χ0n) is 17.7. The van der Waals surface area contributed by atoms with Crippen LogP contribution < -0.4 is 0 Å². The standard InChI is InChI=1S/C23H26N4O4/c1-15-5-3-4-6-18(15)22-19-11-26(12-21-24-20(14-29-2)25-31-21)9-17(19)10-27(22)23(28)16-7-8-30-13-16/h3-8,13,17,19,22H,9-12,14H2,1-2H3/t17-,19-,22-/m0/s1. The minimum atomic E-state index is 0.0315. The first-order valence-corrected chi connectivity index (χ1v) is 10.6. The number of furan rings is 1. The Hall–Kier alpha value is -2.97. The fourth-order valence-corrected chi connectivity index (χ4v) is 5.08. The van der Waals surface area contributed by atoms with E-state index in [2.05, 4.69) is 40.2 Å². The van der Waals surface area contributed by atoms with Gasteiger partial charge in [0.1, 0.15) is 12.9 Å². The van der Waals surface area contributed by atoms with Gasteiger partial charge in [0.15, 0.2) is 5.82 Å². The lowest BCUT2D eigenvalue weighted by molar-refractivity contribution is 0.0696. The SMILES string of the molecule is COCc1noc(CN2C[C@H]3CN(C(=O)c4ccoc4)[C@@H](c4ccccc4C)[C@H]3C2)n1. The quantitative estimate of drug-likeness (QED) is 0.604. The third kappa shape index (κ3) is 3.77. The Bertz CT molecular complexity index is 1050. The van der Waals surface area contributed by atoms with E-state index < -0.39 is 0 Å². The number of ether oxygens (including phenoxy) is 1. The number of aromatic nitrogens is 2. The van der Waals surface area contributed by atoms with E-state index >= 15 is 0 Å². The number of rotatable bonds is 6. The van der Waals surface area contributed by atoms with Gasteiger partial charge < -0.3 is 18.6 Å². The van der Waals surface area contributed by atoms with Crippen LogP contribution in [-0.2, 0) is 17.9 Å². The van der Waals surface area contributed by atoms with Crippen molar-refractivity contribution in [3.63, 3.8) is 0 Å². The topological polar surface area (TPSA) is 84.8 Å². The fraction of sp³-hybridized carbons (Fsp3) is 0.435. The first-order valence-electron chi connectivity index (χ1n) is 10.6. The van der Waals surface area contributed by atoms with E-state index in [0.29, 0.717) is 42.3 Å². The third-order valence-electron chi connectivity index (χ3n) is 6.42. The van der Waals surface area contributed by atoms with Gasteiger partial charge in [0.05, 0.1) is 24.4 Å². The number of benzene rings is 1. The zero-order chi connectivity index (χ0) is 21.4. The van der Waals surface area contributed by atoms with Gasteiger partial charge in [0, 0.05) is 32.7 Å². The predicted molar refractivity (Wildman–Crippen MR) is 111 cm³/mol. The average molecular weight is 422 g/mol. The van der Waals surface area contributed by atoms with Crippen molar-refractivity contribution in [2.45, 2.75) is 26.1 Å². The first-order chi connectivity index (χ1) is 15.1. The van der Waals surface area contributed by atoms with E-state index in [1.165, 1.54) is 17.4 Å². The summed E-state index contributed by atoms with van der Waals surface area (Å²) in [5, 5.41) is 3.96. The minimum absolute atomic E-state index is 0.0315. The summed E-state index contributed by atoms with van der Waals surface area (Å²) < 4.78 is 15.6. The summed E-state index contributed by atoms with van der Waals surface area (Å²) in [5.74, 6) is 1.93. The molecular formula is C23H26N4O4. The number of fused-ring (bicyclic) bond motifs is 1. The molecule has 2 saturated heterocycles. The van der Waals surface area contributed by atoms with Crippen molar-refractivity contribution in [3.8, 4) is 0 Å². The smallest absolute Gasteiger partial charge is 0.257 e. The number of carbonyl (C=O) groups is 1. The molecule has 0 radical (unpaired) electrons. The highest BCUT2D eigenvalue weighted by Crippen LogP contribution is 2.46. The summed E-state index contributed by atoms with van der Waals surface area (Å²) in [6.45, 7) is 5.56. The van der Waals surface area contributed by atoms with Gasteiger partial charge in [-0.1, -0.05) is 29.4 Å². The number of likely N-dealkylation sites (tertiary alicyclic amines) is 2. The molecule has 4 heterocycles. The van der Waals surface area contributed by atoms with E-state index in [1.807, 2.05) is 11.0 Å². The number of aryl methyl sites for hydroxylation is 1. The van der Waals surface area contributed by atoms with E-state index in [1.54, 1.807) is 19.4 Å². The molecule has 3 aromatic rings. The summed E-state index contributed by atoms with van der Waals surface area (Å²) in [5.41, 5.74) is 3.03. The summed E-state index contributed by atoms with van der Waals surface area (Å²) in [6.07, 6.45) is 3.09. The Labute approximate surface area is 180 Å². The van der Waals surface area contributed by atoms with Crippen LogP contribution in [-0.4, -0.2) is 52.6 Å². The van der Waals surface area contributed by atoms with E-state index in [0.717, 1.165) is 19.6 Å². The van der Waals surface area contributed by atoms with Crippen molar-refractivity contribution in [3.05, 3.63) is 71.3 Å². The molecule has 2 aromatic heterocycles. The van der Waals surface area contributed by atoms with E-state index in [4.69, 9.17) is 13.7 Å². The molecule has 0 unspecified atom stereocenters. The maximum absolute atomic E-state index is 13.3. The lowest BCUT2D eigenvalue weighted by Crippen LogP contribution is -2.35. The number of methoxy groups -OCH3 is 1. The highest BCUT2D eigenvalue weighted by molar-refractivity contribution is 5.94. The van der Waals surface area contributed by atoms with Gasteiger partial charge in [-0.3, -0.25) is 9.69 Å². The van der Waals surface area contributed by atoms with Crippen LogP contribution in [0.5, 0.6) is 0 Å². The van der Waals surface area contributed by atoms with Gasteiger partial charge >= 0.3 is 0 Å². The van der Waals surface area contributed by atoms with Crippen LogP contribution in [0.1, 0.15) is 39.2 Å². The van der Waals surface area contributed by atoms with Crippen molar-refractivity contribution >= 4 is 5.91 Å². The second-order valence-corrected chi connectivity index (χ2v) is 8.43. The monoisotopic (exact) mass is 422 g/mol. The van der Waals surface area contributed by atoms with Gasteiger partial charge in [0.25, 0.3) is 5.91 Å². The molecule has 3 atom stereocenters. The van der Waals surface area contributed by atoms with Crippen LogP contribution in [0, 0.1) is 18.8 Å².